The first kappa shape index (κ1) is 18.0. The van der Waals surface area contributed by atoms with E-state index in [1.165, 1.54) is 54.1 Å². The zero-order valence-corrected chi connectivity index (χ0v) is 15.9. The monoisotopic (exact) mass is 386 g/mol. The molecular weight excluding hydrogens is 355 g/mol. The highest BCUT2D eigenvalue weighted by molar-refractivity contribution is 14.1. The van der Waals surface area contributed by atoms with Gasteiger partial charge in [-0.15, -0.1) is 0 Å². The van der Waals surface area contributed by atoms with Crippen LogP contribution in [-0.2, 0) is 6.42 Å². The van der Waals surface area contributed by atoms with Crippen molar-refractivity contribution in [3.63, 3.8) is 0 Å². The van der Waals surface area contributed by atoms with Crippen LogP contribution in [0.15, 0.2) is 18.2 Å². The molecule has 0 spiro atoms. The molecule has 0 bridgehead atoms. The molecule has 0 aliphatic heterocycles. The topological polar surface area (TPSA) is 0 Å². The largest absolute Gasteiger partial charge is 0.0861 e. The molecule has 0 amide bonds. The molecular formula is C19H31I. The number of rotatable bonds is 9. The predicted octanol–water partition coefficient (Wildman–Crippen LogP) is 6.50. The maximum atomic E-state index is 2.57. The Bertz CT molecular complexity index is 383. The Morgan fingerprint density at radius 2 is 1.85 bits per heavy atom. The van der Waals surface area contributed by atoms with Crippen LogP contribution in [0, 0.1) is 25.7 Å². The molecule has 114 valence electrons. The van der Waals surface area contributed by atoms with Crippen molar-refractivity contribution in [2.75, 3.05) is 4.43 Å². The second kappa shape index (κ2) is 9.81. The SMILES string of the molecule is CCC(C)CCCC(CI)CCc1cccc(C)c1C. The van der Waals surface area contributed by atoms with Gasteiger partial charge >= 0.3 is 0 Å². The molecule has 0 saturated heterocycles. The number of alkyl halides is 1. The van der Waals surface area contributed by atoms with Gasteiger partial charge in [0, 0.05) is 4.43 Å². The van der Waals surface area contributed by atoms with E-state index >= 15 is 0 Å². The molecule has 2 unspecified atom stereocenters. The summed E-state index contributed by atoms with van der Waals surface area (Å²) < 4.78 is 1.31. The average molecular weight is 386 g/mol. The Morgan fingerprint density at radius 3 is 2.50 bits per heavy atom. The van der Waals surface area contributed by atoms with Crippen LogP contribution in [0.2, 0.25) is 0 Å². The maximum Gasteiger partial charge on any atom is 0.00238 e. The average Bonchev–Trinajstić information content (AvgIpc) is 2.46. The summed E-state index contributed by atoms with van der Waals surface area (Å²) in [6, 6.07) is 6.74. The summed E-state index contributed by atoms with van der Waals surface area (Å²) in [5.74, 6) is 1.81. The van der Waals surface area contributed by atoms with E-state index in [0.717, 1.165) is 11.8 Å². The second-order valence-corrected chi connectivity index (χ2v) is 7.24. The van der Waals surface area contributed by atoms with Crippen LogP contribution in [0.4, 0.5) is 0 Å². The molecule has 1 heteroatoms. The van der Waals surface area contributed by atoms with Gasteiger partial charge in [-0.05, 0) is 61.6 Å². The molecule has 0 aromatic heterocycles. The standard InChI is InChI=1S/C19H31I/c1-5-15(2)8-6-10-18(14-20)12-13-19-11-7-9-16(3)17(19)4/h7,9,11,15,18H,5-6,8,10,12-14H2,1-4H3. The number of halogens is 1. The first-order valence-electron chi connectivity index (χ1n) is 8.19. The van der Waals surface area contributed by atoms with Crippen molar-refractivity contribution in [2.24, 2.45) is 11.8 Å². The van der Waals surface area contributed by atoms with E-state index in [0.29, 0.717) is 0 Å². The smallest absolute Gasteiger partial charge is 0.00238 e. The van der Waals surface area contributed by atoms with Crippen LogP contribution < -0.4 is 0 Å². The van der Waals surface area contributed by atoms with Gasteiger partial charge in [0.2, 0.25) is 0 Å². The third kappa shape index (κ3) is 6.15. The van der Waals surface area contributed by atoms with Crippen LogP contribution in [0.5, 0.6) is 0 Å². The first-order chi connectivity index (χ1) is 9.58. The Kier molecular flexibility index (Phi) is 8.83. The fraction of sp³-hybridized carbons (Fsp3) is 0.684. The quantitative estimate of drug-likeness (QED) is 0.336. The molecule has 0 saturated carbocycles. The lowest BCUT2D eigenvalue weighted by atomic mass is 9.91. The van der Waals surface area contributed by atoms with Crippen molar-refractivity contribution >= 4 is 22.6 Å². The van der Waals surface area contributed by atoms with Crippen LogP contribution in [0.3, 0.4) is 0 Å². The first-order valence-corrected chi connectivity index (χ1v) is 9.72. The van der Waals surface area contributed by atoms with E-state index in [-0.39, 0.29) is 0 Å². The van der Waals surface area contributed by atoms with Crippen molar-refractivity contribution in [3.8, 4) is 0 Å². The van der Waals surface area contributed by atoms with Gasteiger partial charge in [0.05, 0.1) is 0 Å². The number of hydrogen-bond donors (Lipinski definition) is 0. The van der Waals surface area contributed by atoms with Gasteiger partial charge in [0.25, 0.3) is 0 Å². The Morgan fingerprint density at radius 1 is 1.10 bits per heavy atom. The van der Waals surface area contributed by atoms with Gasteiger partial charge in [-0.3, -0.25) is 0 Å². The van der Waals surface area contributed by atoms with E-state index in [2.05, 4.69) is 68.5 Å². The van der Waals surface area contributed by atoms with E-state index in [4.69, 9.17) is 0 Å². The minimum Gasteiger partial charge on any atom is -0.0861 e. The summed E-state index contributed by atoms with van der Waals surface area (Å²) in [7, 11) is 0. The van der Waals surface area contributed by atoms with Gasteiger partial charge in [-0.1, -0.05) is 73.9 Å². The summed E-state index contributed by atoms with van der Waals surface area (Å²) in [6.07, 6.45) is 8.18. The van der Waals surface area contributed by atoms with Crippen molar-refractivity contribution in [3.05, 3.63) is 34.9 Å². The summed E-state index contributed by atoms with van der Waals surface area (Å²) in [6.45, 7) is 9.18. The molecule has 1 rings (SSSR count). The summed E-state index contributed by atoms with van der Waals surface area (Å²) in [5, 5.41) is 0. The Balaban J connectivity index is 2.39. The van der Waals surface area contributed by atoms with Gasteiger partial charge in [0.15, 0.2) is 0 Å². The summed E-state index contributed by atoms with van der Waals surface area (Å²) in [4.78, 5) is 0. The molecule has 0 fully saturated rings. The van der Waals surface area contributed by atoms with Gasteiger partial charge in [0.1, 0.15) is 0 Å². The molecule has 0 nitrogen and oxygen atoms in total. The third-order valence-electron chi connectivity index (χ3n) is 4.76. The molecule has 0 aliphatic rings. The maximum absolute atomic E-state index is 2.57. The molecule has 0 heterocycles. The predicted molar refractivity (Wildman–Crippen MR) is 99.9 cm³/mol. The van der Waals surface area contributed by atoms with Crippen LogP contribution in [0.1, 0.15) is 62.6 Å². The molecule has 2 atom stereocenters. The molecule has 1 aromatic carbocycles. The summed E-state index contributed by atoms with van der Waals surface area (Å²) >= 11 is 2.57. The Labute approximate surface area is 139 Å². The van der Waals surface area contributed by atoms with E-state index in [9.17, 15) is 0 Å². The van der Waals surface area contributed by atoms with E-state index in [1.54, 1.807) is 5.56 Å². The lowest BCUT2D eigenvalue weighted by Crippen LogP contribution is -2.06. The van der Waals surface area contributed by atoms with Gasteiger partial charge in [-0.25, -0.2) is 0 Å². The van der Waals surface area contributed by atoms with Crippen molar-refractivity contribution in [1.82, 2.24) is 0 Å². The number of hydrogen-bond acceptors (Lipinski definition) is 0. The molecule has 0 radical (unpaired) electrons. The Hall–Kier alpha value is -0.0500. The summed E-state index contributed by atoms with van der Waals surface area (Å²) in [5.41, 5.74) is 4.49. The molecule has 20 heavy (non-hydrogen) atoms. The van der Waals surface area contributed by atoms with Crippen LogP contribution in [0.25, 0.3) is 0 Å². The normalized spacial score (nSPS) is 14.2. The highest BCUT2D eigenvalue weighted by Gasteiger charge is 2.10. The van der Waals surface area contributed by atoms with E-state index in [1.807, 2.05) is 0 Å². The second-order valence-electron chi connectivity index (χ2n) is 6.36. The highest BCUT2D eigenvalue weighted by Crippen LogP contribution is 2.23. The zero-order valence-electron chi connectivity index (χ0n) is 13.7. The third-order valence-corrected chi connectivity index (χ3v) is 6.01. The lowest BCUT2D eigenvalue weighted by Gasteiger charge is -2.16. The molecule has 0 N–H and O–H groups in total. The highest BCUT2D eigenvalue weighted by atomic mass is 127. The van der Waals surface area contributed by atoms with Gasteiger partial charge in [-0.2, -0.15) is 0 Å². The fourth-order valence-electron chi connectivity index (χ4n) is 2.70. The zero-order chi connectivity index (χ0) is 15.0. The van der Waals surface area contributed by atoms with Crippen molar-refractivity contribution in [1.29, 1.82) is 0 Å². The van der Waals surface area contributed by atoms with Crippen molar-refractivity contribution in [2.45, 2.75) is 66.2 Å². The number of benzene rings is 1. The molecule has 0 aliphatic carbocycles. The van der Waals surface area contributed by atoms with Crippen LogP contribution in [-0.4, -0.2) is 4.43 Å². The minimum atomic E-state index is 0.902. The molecule has 1 aromatic rings. The number of aryl methyl sites for hydroxylation is 2. The fourth-order valence-corrected chi connectivity index (χ4v) is 3.58. The van der Waals surface area contributed by atoms with Crippen molar-refractivity contribution < 1.29 is 0 Å². The van der Waals surface area contributed by atoms with Crippen LogP contribution >= 0.6 is 22.6 Å². The minimum absolute atomic E-state index is 0.902. The van der Waals surface area contributed by atoms with Gasteiger partial charge < -0.3 is 0 Å². The lowest BCUT2D eigenvalue weighted by molar-refractivity contribution is 0.425. The van der Waals surface area contributed by atoms with E-state index < -0.39 is 0 Å².